The second-order valence-corrected chi connectivity index (χ2v) is 11.2. The third-order valence-electron chi connectivity index (χ3n) is 8.86. The molecule has 8 aromatic rings. The van der Waals surface area contributed by atoms with Crippen molar-refractivity contribution < 1.29 is 4.74 Å². The molecule has 2 heteroatoms. The molecule has 0 bridgehead atoms. The summed E-state index contributed by atoms with van der Waals surface area (Å²) < 4.78 is 6.42. The summed E-state index contributed by atoms with van der Waals surface area (Å²) in [6.07, 6.45) is 0. The monoisotopic (exact) mass is 545 g/mol. The Morgan fingerprint density at radius 2 is 1.14 bits per heavy atom. The summed E-state index contributed by atoms with van der Waals surface area (Å²) >= 11 is 0. The van der Waals surface area contributed by atoms with Gasteiger partial charge in [0.05, 0.1) is 11.6 Å². The molecule has 0 saturated carbocycles. The highest BCUT2D eigenvalue weighted by Crippen LogP contribution is 2.48. The van der Waals surface area contributed by atoms with Crippen molar-refractivity contribution >= 4 is 43.1 Å². The first-order chi connectivity index (χ1) is 21.2. The fourth-order valence-electron chi connectivity index (χ4n) is 6.83. The van der Waals surface area contributed by atoms with Crippen molar-refractivity contribution in [1.29, 1.82) is 5.26 Å². The first-order valence-corrected chi connectivity index (χ1v) is 14.5. The number of ether oxygens (including phenoxy) is 1. The summed E-state index contributed by atoms with van der Waals surface area (Å²) in [5, 5.41) is 19.2. The van der Waals surface area contributed by atoms with Gasteiger partial charge >= 0.3 is 0 Å². The molecule has 0 atom stereocenters. The van der Waals surface area contributed by atoms with Gasteiger partial charge in [0.1, 0.15) is 11.5 Å². The second kappa shape index (κ2) is 9.05. The molecule has 8 aromatic carbocycles. The molecule has 198 valence electrons. The number of nitrogens with zero attached hydrogens (tertiary/aromatic N) is 1. The van der Waals surface area contributed by atoms with Gasteiger partial charge in [-0.25, -0.2) is 0 Å². The zero-order valence-electron chi connectivity index (χ0n) is 23.1. The predicted octanol–water partition coefficient (Wildman–Crippen LogP) is 11.3. The van der Waals surface area contributed by atoms with E-state index < -0.39 is 0 Å². The van der Waals surface area contributed by atoms with Gasteiger partial charge in [-0.1, -0.05) is 109 Å². The van der Waals surface area contributed by atoms with Gasteiger partial charge in [0.15, 0.2) is 0 Å². The van der Waals surface area contributed by atoms with Crippen LogP contribution in [0.4, 0.5) is 0 Å². The van der Waals surface area contributed by atoms with E-state index in [-0.39, 0.29) is 0 Å². The van der Waals surface area contributed by atoms with E-state index in [1.807, 2.05) is 24.3 Å². The number of hydrogen-bond acceptors (Lipinski definition) is 2. The molecular formula is C41H23NO. The van der Waals surface area contributed by atoms with E-state index in [1.165, 1.54) is 43.4 Å². The Hall–Kier alpha value is -5.91. The maximum atomic E-state index is 9.55. The number of rotatable bonds is 2. The minimum absolute atomic E-state index is 0.601. The van der Waals surface area contributed by atoms with E-state index in [2.05, 4.69) is 121 Å². The fraction of sp³-hybridized carbons (Fsp3) is 0. The molecule has 0 amide bonds. The maximum Gasteiger partial charge on any atom is 0.137 e. The molecule has 9 rings (SSSR count). The van der Waals surface area contributed by atoms with Crippen molar-refractivity contribution in [2.24, 2.45) is 0 Å². The average molecular weight is 546 g/mol. The van der Waals surface area contributed by atoms with E-state index in [9.17, 15) is 5.26 Å². The first-order valence-electron chi connectivity index (χ1n) is 14.5. The van der Waals surface area contributed by atoms with Crippen LogP contribution in [0.5, 0.6) is 11.5 Å². The van der Waals surface area contributed by atoms with E-state index in [0.29, 0.717) is 5.56 Å². The molecule has 0 aliphatic carbocycles. The van der Waals surface area contributed by atoms with Crippen LogP contribution in [0.15, 0.2) is 140 Å². The Morgan fingerprint density at radius 3 is 2.00 bits per heavy atom. The second-order valence-electron chi connectivity index (χ2n) is 11.2. The molecule has 0 spiro atoms. The highest BCUT2D eigenvalue weighted by Gasteiger charge is 2.21. The minimum atomic E-state index is 0.601. The van der Waals surface area contributed by atoms with Gasteiger partial charge in [-0.05, 0) is 95.9 Å². The maximum absolute atomic E-state index is 9.55. The molecule has 0 saturated heterocycles. The van der Waals surface area contributed by atoms with Crippen LogP contribution in [0.2, 0.25) is 0 Å². The topological polar surface area (TPSA) is 33.0 Å². The van der Waals surface area contributed by atoms with Crippen molar-refractivity contribution in [2.75, 3.05) is 0 Å². The number of benzene rings is 8. The predicted molar refractivity (Wildman–Crippen MR) is 178 cm³/mol. The van der Waals surface area contributed by atoms with Crippen molar-refractivity contribution in [3.63, 3.8) is 0 Å². The summed E-state index contributed by atoms with van der Waals surface area (Å²) in [4.78, 5) is 0. The van der Waals surface area contributed by atoms with Gasteiger partial charge < -0.3 is 4.74 Å². The molecular weight excluding hydrogens is 522 g/mol. The number of hydrogen-bond donors (Lipinski definition) is 0. The zero-order valence-corrected chi connectivity index (χ0v) is 23.1. The summed E-state index contributed by atoms with van der Waals surface area (Å²) in [6.45, 7) is 0. The van der Waals surface area contributed by atoms with Crippen LogP contribution < -0.4 is 4.74 Å². The van der Waals surface area contributed by atoms with Gasteiger partial charge in [0, 0.05) is 10.9 Å². The molecule has 1 heterocycles. The molecule has 0 radical (unpaired) electrons. The lowest BCUT2D eigenvalue weighted by atomic mass is 9.90. The summed E-state index contributed by atoms with van der Waals surface area (Å²) in [6, 6.07) is 51.7. The highest BCUT2D eigenvalue weighted by molar-refractivity contribution is 6.21. The molecule has 43 heavy (non-hydrogen) atoms. The number of fused-ring (bicyclic) bond motifs is 7. The normalized spacial score (nSPS) is 11.9. The quantitative estimate of drug-likeness (QED) is 0.202. The molecule has 0 aromatic heterocycles. The lowest BCUT2D eigenvalue weighted by molar-refractivity contribution is 0.487. The summed E-state index contributed by atoms with van der Waals surface area (Å²) in [5.41, 5.74) is 7.44. The van der Waals surface area contributed by atoms with E-state index in [0.717, 1.165) is 44.5 Å². The van der Waals surface area contributed by atoms with Crippen LogP contribution >= 0.6 is 0 Å². The summed E-state index contributed by atoms with van der Waals surface area (Å²) in [7, 11) is 0. The molecule has 0 fully saturated rings. The lowest BCUT2D eigenvalue weighted by Gasteiger charge is -2.22. The molecule has 1 aliphatic heterocycles. The van der Waals surface area contributed by atoms with Crippen molar-refractivity contribution in [1.82, 2.24) is 0 Å². The first kappa shape index (κ1) is 23.8. The van der Waals surface area contributed by atoms with Crippen LogP contribution in [-0.4, -0.2) is 0 Å². The number of nitriles is 1. The van der Waals surface area contributed by atoms with E-state index in [4.69, 9.17) is 4.74 Å². The Balaban J connectivity index is 1.15. The average Bonchev–Trinajstić information content (AvgIpc) is 3.07. The SMILES string of the molecule is N#Cc1cc2c3c(cccc3c1)-c1ccc(-c3ccc(-c4cc5c6ccccc6ccc5c5ccccc45)cc3)cc1O2. The van der Waals surface area contributed by atoms with Crippen molar-refractivity contribution in [3.8, 4) is 50.9 Å². The van der Waals surface area contributed by atoms with Crippen LogP contribution in [-0.2, 0) is 0 Å². The molecule has 1 aliphatic rings. The van der Waals surface area contributed by atoms with Gasteiger partial charge in [-0.2, -0.15) is 5.26 Å². The summed E-state index contributed by atoms with van der Waals surface area (Å²) in [5.74, 6) is 1.55. The van der Waals surface area contributed by atoms with Crippen molar-refractivity contribution in [3.05, 3.63) is 145 Å². The fourth-order valence-corrected chi connectivity index (χ4v) is 6.83. The Bertz CT molecular complexity index is 2480. The molecule has 2 nitrogen and oxygen atoms in total. The van der Waals surface area contributed by atoms with Crippen LogP contribution in [0.25, 0.3) is 76.5 Å². The third-order valence-corrected chi connectivity index (χ3v) is 8.86. The van der Waals surface area contributed by atoms with E-state index in [1.54, 1.807) is 0 Å². The van der Waals surface area contributed by atoms with Gasteiger partial charge in [-0.3, -0.25) is 0 Å². The highest BCUT2D eigenvalue weighted by atomic mass is 16.5. The van der Waals surface area contributed by atoms with Crippen LogP contribution in [0.1, 0.15) is 5.56 Å². The van der Waals surface area contributed by atoms with Crippen molar-refractivity contribution in [2.45, 2.75) is 0 Å². The smallest absolute Gasteiger partial charge is 0.137 e. The Labute approximate surface area is 248 Å². The van der Waals surface area contributed by atoms with E-state index >= 15 is 0 Å². The van der Waals surface area contributed by atoms with Gasteiger partial charge in [0.2, 0.25) is 0 Å². The lowest BCUT2D eigenvalue weighted by Crippen LogP contribution is -1.98. The third kappa shape index (κ3) is 3.59. The largest absolute Gasteiger partial charge is 0.456 e. The molecule has 0 unspecified atom stereocenters. The van der Waals surface area contributed by atoms with Gasteiger partial charge in [-0.15, -0.1) is 0 Å². The Morgan fingerprint density at radius 1 is 0.419 bits per heavy atom. The van der Waals surface area contributed by atoms with Gasteiger partial charge in [0.25, 0.3) is 0 Å². The zero-order chi connectivity index (χ0) is 28.5. The Kier molecular flexibility index (Phi) is 5.00. The molecule has 0 N–H and O–H groups in total. The van der Waals surface area contributed by atoms with Crippen LogP contribution in [0.3, 0.4) is 0 Å². The standard InChI is InChI=1S/C41H23NO/c42-24-25-20-30-7-5-11-36-35-19-17-29(22-39(35)43-40(21-25)41(30)36)26-12-14-28(15-13-26)37-23-38-31-8-2-1-6-27(31)16-18-34(38)32-9-3-4-10-33(32)37/h1-23H. The minimum Gasteiger partial charge on any atom is -0.456 e. The van der Waals surface area contributed by atoms with Crippen LogP contribution in [0, 0.1) is 11.3 Å².